The number of ketones is 1. The van der Waals surface area contributed by atoms with Gasteiger partial charge < -0.3 is 24.3 Å². The van der Waals surface area contributed by atoms with Gasteiger partial charge in [-0.3, -0.25) is 14.4 Å². The summed E-state index contributed by atoms with van der Waals surface area (Å²) in [5.74, 6) is -1.42. The van der Waals surface area contributed by atoms with Crippen LogP contribution in [0.4, 0.5) is 0 Å². The molecule has 1 aliphatic rings. The van der Waals surface area contributed by atoms with E-state index < -0.39 is 29.1 Å². The molecule has 1 aliphatic heterocycles. The van der Waals surface area contributed by atoms with Gasteiger partial charge in [-0.1, -0.05) is 60.7 Å². The molecule has 8 nitrogen and oxygen atoms in total. The molecule has 3 atom stereocenters. The maximum atomic E-state index is 13.4. The summed E-state index contributed by atoms with van der Waals surface area (Å²) in [6.07, 6.45) is -1.10. The fraction of sp³-hybridized carbons (Fsp3) is 0.318. The Morgan fingerprint density at radius 3 is 2.27 bits per heavy atom. The Kier molecular flexibility index (Phi) is 6.73. The van der Waals surface area contributed by atoms with Gasteiger partial charge in [-0.15, -0.1) is 0 Å². The summed E-state index contributed by atoms with van der Waals surface area (Å²) in [6.45, 7) is -0.351. The van der Waals surface area contributed by atoms with E-state index in [0.717, 1.165) is 5.56 Å². The third-order valence-electron chi connectivity index (χ3n) is 4.96. The summed E-state index contributed by atoms with van der Waals surface area (Å²) in [5.41, 5.74) is -3.05. The maximum Gasteiger partial charge on any atom is 0.265 e. The molecule has 1 fully saturated rings. The summed E-state index contributed by atoms with van der Waals surface area (Å²) in [6, 6.07) is 17.4. The van der Waals surface area contributed by atoms with Crippen LogP contribution in [0.15, 0.2) is 60.7 Å². The van der Waals surface area contributed by atoms with Gasteiger partial charge >= 0.3 is 0 Å². The van der Waals surface area contributed by atoms with Gasteiger partial charge in [0.05, 0.1) is 6.61 Å². The molecule has 1 saturated heterocycles. The largest absolute Gasteiger partial charge is 0.364 e. The summed E-state index contributed by atoms with van der Waals surface area (Å²) >= 11 is 0. The highest BCUT2D eigenvalue weighted by atomic mass is 16.7. The van der Waals surface area contributed by atoms with Gasteiger partial charge in [0, 0.05) is 19.8 Å². The van der Waals surface area contributed by atoms with Gasteiger partial charge in [0.2, 0.25) is 17.1 Å². The minimum absolute atomic E-state index is 0.0135. The van der Waals surface area contributed by atoms with E-state index >= 15 is 0 Å². The van der Waals surface area contributed by atoms with Crippen LogP contribution < -0.4 is 5.32 Å². The highest BCUT2D eigenvalue weighted by Crippen LogP contribution is 2.37. The Hall–Kier alpha value is -2.91. The van der Waals surface area contributed by atoms with Crippen molar-refractivity contribution in [2.45, 2.75) is 24.0 Å². The van der Waals surface area contributed by atoms with Gasteiger partial charge in [-0.2, -0.15) is 0 Å². The average Bonchev–Trinajstić information content (AvgIpc) is 3.05. The van der Waals surface area contributed by atoms with Crippen LogP contribution in [0.3, 0.4) is 0 Å². The molecule has 0 spiro atoms. The normalized spacial score (nSPS) is 25.7. The van der Waals surface area contributed by atoms with Crippen molar-refractivity contribution in [3.63, 3.8) is 0 Å². The molecule has 30 heavy (non-hydrogen) atoms. The van der Waals surface area contributed by atoms with Crippen molar-refractivity contribution in [3.8, 4) is 0 Å². The molecule has 8 heteroatoms. The molecule has 1 heterocycles. The van der Waals surface area contributed by atoms with Crippen LogP contribution in [0.5, 0.6) is 0 Å². The molecule has 0 unspecified atom stereocenters. The van der Waals surface area contributed by atoms with Gasteiger partial charge in [-0.25, -0.2) is 0 Å². The number of carbonyl (C=O) groups is 3. The van der Waals surface area contributed by atoms with Crippen LogP contribution in [0, 0.1) is 0 Å². The number of methoxy groups -OCH3 is 2. The predicted molar refractivity (Wildman–Crippen MR) is 105 cm³/mol. The van der Waals surface area contributed by atoms with E-state index in [1.807, 2.05) is 30.3 Å². The van der Waals surface area contributed by atoms with Crippen LogP contribution in [0.1, 0.15) is 15.9 Å². The fourth-order valence-corrected chi connectivity index (χ4v) is 3.43. The van der Waals surface area contributed by atoms with Crippen LogP contribution in [0.25, 0.3) is 0 Å². The lowest BCUT2D eigenvalue weighted by Crippen LogP contribution is -2.61. The second-order valence-electron chi connectivity index (χ2n) is 6.73. The van der Waals surface area contributed by atoms with E-state index in [-0.39, 0.29) is 19.0 Å². The Morgan fingerprint density at radius 2 is 1.70 bits per heavy atom. The standard InChI is InChI=1S/C22H23NO7/c1-27-15-30-21(14-24)19(29-13-16-9-5-3-6-10-16)22(28-2,23-20(21)26)18(25)17-11-7-4-8-12-17/h3-12,14,19H,13,15H2,1-2H3,(H,23,26)/t19-,21+,22-/m1/s1. The molecule has 1 N–H and O–H groups in total. The van der Waals surface area contributed by atoms with Crippen LogP contribution >= 0.6 is 0 Å². The Balaban J connectivity index is 2.05. The minimum Gasteiger partial charge on any atom is -0.364 e. The van der Waals surface area contributed by atoms with Gasteiger partial charge in [0.15, 0.2) is 12.4 Å². The monoisotopic (exact) mass is 413 g/mol. The Labute approximate surface area is 174 Å². The first-order valence-corrected chi connectivity index (χ1v) is 9.26. The second-order valence-corrected chi connectivity index (χ2v) is 6.73. The van der Waals surface area contributed by atoms with Gasteiger partial charge in [0.1, 0.15) is 6.79 Å². The van der Waals surface area contributed by atoms with E-state index in [4.69, 9.17) is 18.9 Å². The lowest BCUT2D eigenvalue weighted by atomic mass is 9.89. The first kappa shape index (κ1) is 21.8. The fourth-order valence-electron chi connectivity index (χ4n) is 3.43. The Morgan fingerprint density at radius 1 is 1.07 bits per heavy atom. The number of Topliss-reactive ketones (excluding diaryl/α,β-unsaturated/α-hetero) is 1. The summed E-state index contributed by atoms with van der Waals surface area (Å²) in [7, 11) is 2.61. The number of rotatable bonds is 10. The number of amides is 1. The van der Waals surface area contributed by atoms with E-state index in [0.29, 0.717) is 6.29 Å². The van der Waals surface area contributed by atoms with E-state index in [1.54, 1.807) is 30.3 Å². The van der Waals surface area contributed by atoms with Gasteiger partial charge in [-0.05, 0) is 5.56 Å². The van der Waals surface area contributed by atoms with Crippen molar-refractivity contribution in [1.82, 2.24) is 5.32 Å². The zero-order chi connectivity index (χ0) is 21.6. The molecule has 2 aromatic rings. The Bertz CT molecular complexity index is 889. The van der Waals surface area contributed by atoms with Crippen molar-refractivity contribution in [1.29, 1.82) is 0 Å². The highest BCUT2D eigenvalue weighted by molar-refractivity contribution is 6.13. The molecule has 3 rings (SSSR count). The second kappa shape index (κ2) is 9.27. The molecule has 1 amide bonds. The van der Waals surface area contributed by atoms with Crippen LogP contribution in [-0.4, -0.2) is 56.4 Å². The number of aldehydes is 1. The zero-order valence-corrected chi connectivity index (χ0v) is 16.7. The van der Waals surface area contributed by atoms with Crippen molar-refractivity contribution in [2.75, 3.05) is 21.0 Å². The van der Waals surface area contributed by atoms with Crippen molar-refractivity contribution in [2.24, 2.45) is 0 Å². The quantitative estimate of drug-likeness (QED) is 0.273. The summed E-state index contributed by atoms with van der Waals surface area (Å²) < 4.78 is 21.9. The maximum absolute atomic E-state index is 13.4. The molecule has 2 aromatic carbocycles. The van der Waals surface area contributed by atoms with Crippen LogP contribution in [0.2, 0.25) is 0 Å². The molecular weight excluding hydrogens is 390 g/mol. The van der Waals surface area contributed by atoms with Gasteiger partial charge in [0.25, 0.3) is 5.91 Å². The third kappa shape index (κ3) is 3.78. The third-order valence-corrected chi connectivity index (χ3v) is 4.96. The van der Waals surface area contributed by atoms with E-state index in [9.17, 15) is 14.4 Å². The van der Waals surface area contributed by atoms with E-state index in [1.165, 1.54) is 14.2 Å². The molecule has 158 valence electrons. The smallest absolute Gasteiger partial charge is 0.265 e. The van der Waals surface area contributed by atoms with Crippen LogP contribution in [-0.2, 0) is 35.1 Å². The lowest BCUT2D eigenvalue weighted by molar-refractivity contribution is -0.201. The van der Waals surface area contributed by atoms with Crippen molar-refractivity contribution < 1.29 is 33.3 Å². The molecule has 0 saturated carbocycles. The van der Waals surface area contributed by atoms with Crippen molar-refractivity contribution >= 4 is 18.0 Å². The average molecular weight is 413 g/mol. The molecular formula is C22H23NO7. The van der Waals surface area contributed by atoms with Crippen molar-refractivity contribution in [3.05, 3.63) is 71.8 Å². The zero-order valence-electron chi connectivity index (χ0n) is 16.7. The first-order chi connectivity index (χ1) is 14.5. The first-order valence-electron chi connectivity index (χ1n) is 9.26. The number of benzene rings is 2. The predicted octanol–water partition coefficient (Wildman–Crippen LogP) is 1.49. The number of hydrogen-bond donors (Lipinski definition) is 1. The molecule has 0 aliphatic carbocycles. The summed E-state index contributed by atoms with van der Waals surface area (Å²) in [5, 5.41) is 2.50. The molecule has 0 radical (unpaired) electrons. The number of carbonyl (C=O) groups excluding carboxylic acids is 3. The topological polar surface area (TPSA) is 100 Å². The highest BCUT2D eigenvalue weighted by Gasteiger charge is 2.69. The minimum atomic E-state index is -2.13. The SMILES string of the molecule is COCO[C@]1(C=O)C(=O)N[C@@](OC)(C(=O)c2ccccc2)[C@@H]1OCc1ccccc1. The molecule has 0 aromatic heterocycles. The van der Waals surface area contributed by atoms with E-state index in [2.05, 4.69) is 5.32 Å². The number of hydrogen-bond acceptors (Lipinski definition) is 7. The number of nitrogens with one attached hydrogen (secondary N) is 1. The summed E-state index contributed by atoms with van der Waals surface area (Å²) in [4.78, 5) is 38.5. The number of ether oxygens (including phenoxy) is 4. The lowest BCUT2D eigenvalue weighted by Gasteiger charge is -2.35. The molecule has 0 bridgehead atoms.